The van der Waals surface area contributed by atoms with Crippen LogP contribution in [0.25, 0.3) is 0 Å². The van der Waals surface area contributed by atoms with Crippen molar-refractivity contribution in [3.63, 3.8) is 0 Å². The number of nitrogens with one attached hydrogen (secondary N) is 1. The first-order valence-electron chi connectivity index (χ1n) is 9.32. The van der Waals surface area contributed by atoms with E-state index in [9.17, 15) is 4.79 Å². The topological polar surface area (TPSA) is 82.6 Å². The quantitative estimate of drug-likeness (QED) is 0.437. The van der Waals surface area contributed by atoms with Gasteiger partial charge in [0.2, 0.25) is 0 Å². The number of nitrogens with zero attached hydrogens (tertiary/aromatic N) is 6. The molecule has 0 aliphatic carbocycles. The molecular weight excluding hydrogens is 461 g/mol. The fraction of sp³-hybridized carbons (Fsp3) is 0.200. The van der Waals surface area contributed by atoms with Gasteiger partial charge >= 0.3 is 0 Å². The van der Waals surface area contributed by atoms with Gasteiger partial charge in [-0.3, -0.25) is 14.2 Å². The van der Waals surface area contributed by atoms with E-state index < -0.39 is 5.91 Å². The second-order valence-electron chi connectivity index (χ2n) is 6.99. The Bertz CT molecular complexity index is 1240. The van der Waals surface area contributed by atoms with Crippen LogP contribution < -0.4 is 5.32 Å². The molecule has 0 saturated carbocycles. The Morgan fingerprint density at radius 1 is 1.00 bits per heavy atom. The Hall–Kier alpha value is -2.81. The fourth-order valence-electron chi connectivity index (χ4n) is 3.10. The molecule has 4 rings (SSSR count). The van der Waals surface area contributed by atoms with Crippen molar-refractivity contribution in [2.45, 2.75) is 27.1 Å². The SMILES string of the molecule is Cc1cc(C)n(Cn2ccc(C(=O)Nc3nn(Cc4c(Cl)cccc4Cl)cc3Cl)n2)n1. The summed E-state index contributed by atoms with van der Waals surface area (Å²) in [7, 11) is 0. The molecule has 0 atom stereocenters. The zero-order valence-electron chi connectivity index (χ0n) is 16.7. The number of hydrogen-bond acceptors (Lipinski definition) is 4. The van der Waals surface area contributed by atoms with Gasteiger partial charge in [0.05, 0.1) is 12.2 Å². The predicted octanol–water partition coefficient (Wildman–Crippen LogP) is 4.66. The number of aromatic nitrogens is 6. The van der Waals surface area contributed by atoms with Gasteiger partial charge in [-0.2, -0.15) is 15.3 Å². The average molecular weight is 479 g/mol. The lowest BCUT2D eigenvalue weighted by Gasteiger charge is -2.06. The van der Waals surface area contributed by atoms with Crippen LogP contribution in [0.2, 0.25) is 15.1 Å². The first-order valence-corrected chi connectivity index (χ1v) is 10.5. The Labute approximate surface area is 193 Å². The zero-order valence-corrected chi connectivity index (χ0v) is 18.9. The molecule has 3 aromatic heterocycles. The van der Waals surface area contributed by atoms with Crippen LogP contribution in [0, 0.1) is 13.8 Å². The molecule has 0 aliphatic heterocycles. The molecule has 0 spiro atoms. The Morgan fingerprint density at radius 3 is 2.42 bits per heavy atom. The van der Waals surface area contributed by atoms with Crippen molar-refractivity contribution in [3.05, 3.63) is 80.4 Å². The molecule has 1 aromatic carbocycles. The van der Waals surface area contributed by atoms with Crippen LogP contribution in [-0.4, -0.2) is 35.2 Å². The molecule has 1 amide bonds. The van der Waals surface area contributed by atoms with E-state index in [1.165, 1.54) is 0 Å². The first kappa shape index (κ1) is 21.4. The third-order valence-electron chi connectivity index (χ3n) is 4.59. The number of carbonyl (C=O) groups is 1. The summed E-state index contributed by atoms with van der Waals surface area (Å²) in [6, 6.07) is 8.86. The van der Waals surface area contributed by atoms with E-state index in [0.29, 0.717) is 33.8 Å². The maximum absolute atomic E-state index is 12.6. The van der Waals surface area contributed by atoms with Crippen LogP contribution in [0.3, 0.4) is 0 Å². The first-order chi connectivity index (χ1) is 14.8. The molecule has 3 heterocycles. The molecule has 160 valence electrons. The number of benzene rings is 1. The van der Waals surface area contributed by atoms with Gasteiger partial charge in [0.15, 0.2) is 11.5 Å². The van der Waals surface area contributed by atoms with E-state index in [1.54, 1.807) is 46.0 Å². The molecule has 0 unspecified atom stereocenters. The smallest absolute Gasteiger partial charge is 0.277 e. The molecule has 31 heavy (non-hydrogen) atoms. The average Bonchev–Trinajstić information content (AvgIpc) is 3.39. The van der Waals surface area contributed by atoms with E-state index in [2.05, 4.69) is 20.6 Å². The van der Waals surface area contributed by atoms with E-state index in [1.807, 2.05) is 24.6 Å². The van der Waals surface area contributed by atoms with E-state index in [0.717, 1.165) is 11.4 Å². The number of carbonyl (C=O) groups excluding carboxylic acids is 1. The highest BCUT2D eigenvalue weighted by molar-refractivity contribution is 6.36. The maximum Gasteiger partial charge on any atom is 0.277 e. The van der Waals surface area contributed by atoms with E-state index in [4.69, 9.17) is 34.8 Å². The van der Waals surface area contributed by atoms with Gasteiger partial charge in [-0.1, -0.05) is 40.9 Å². The summed E-state index contributed by atoms with van der Waals surface area (Å²) < 4.78 is 5.00. The maximum atomic E-state index is 12.6. The van der Waals surface area contributed by atoms with Crippen LogP contribution in [0.1, 0.15) is 27.4 Å². The largest absolute Gasteiger partial charge is 0.302 e. The van der Waals surface area contributed by atoms with Gasteiger partial charge in [-0.05, 0) is 38.1 Å². The second-order valence-corrected chi connectivity index (χ2v) is 8.21. The van der Waals surface area contributed by atoms with Gasteiger partial charge in [0.1, 0.15) is 11.7 Å². The zero-order chi connectivity index (χ0) is 22.1. The van der Waals surface area contributed by atoms with Crippen LogP contribution in [0.5, 0.6) is 0 Å². The minimum Gasteiger partial charge on any atom is -0.302 e. The van der Waals surface area contributed by atoms with E-state index >= 15 is 0 Å². The molecule has 11 heteroatoms. The number of anilines is 1. The van der Waals surface area contributed by atoms with Crippen molar-refractivity contribution in [3.8, 4) is 0 Å². The fourth-order valence-corrected chi connectivity index (χ4v) is 3.81. The number of aryl methyl sites for hydroxylation is 2. The standard InChI is InChI=1S/C20H18Cl3N7O/c1-12-8-13(2)30(25-12)11-28-7-6-18(26-28)20(31)24-19-17(23)10-29(27-19)9-14-15(21)4-3-5-16(14)22/h3-8,10H,9,11H2,1-2H3,(H,24,27,31). The minimum atomic E-state index is -0.421. The van der Waals surface area contributed by atoms with Gasteiger partial charge in [-0.25, -0.2) is 4.68 Å². The van der Waals surface area contributed by atoms with Gasteiger partial charge in [-0.15, -0.1) is 0 Å². The van der Waals surface area contributed by atoms with Crippen molar-refractivity contribution in [1.29, 1.82) is 0 Å². The van der Waals surface area contributed by atoms with Crippen molar-refractivity contribution in [2.24, 2.45) is 0 Å². The molecule has 4 aromatic rings. The number of halogens is 3. The molecule has 0 bridgehead atoms. The van der Waals surface area contributed by atoms with Crippen LogP contribution in [0.4, 0.5) is 5.82 Å². The summed E-state index contributed by atoms with van der Waals surface area (Å²) in [5, 5.41) is 17.1. The highest BCUT2D eigenvalue weighted by atomic mass is 35.5. The third-order valence-corrected chi connectivity index (χ3v) is 5.57. The van der Waals surface area contributed by atoms with Crippen LogP contribution in [-0.2, 0) is 13.2 Å². The minimum absolute atomic E-state index is 0.225. The normalized spacial score (nSPS) is 11.1. The lowest BCUT2D eigenvalue weighted by molar-refractivity contribution is 0.102. The summed E-state index contributed by atoms with van der Waals surface area (Å²) >= 11 is 18.7. The summed E-state index contributed by atoms with van der Waals surface area (Å²) in [6.45, 7) is 4.60. The Kier molecular flexibility index (Phi) is 6.04. The van der Waals surface area contributed by atoms with Gasteiger partial charge < -0.3 is 5.32 Å². The lowest BCUT2D eigenvalue weighted by Crippen LogP contribution is -2.16. The molecule has 1 N–H and O–H groups in total. The van der Waals surface area contributed by atoms with Crippen molar-refractivity contribution in [1.82, 2.24) is 29.3 Å². The van der Waals surface area contributed by atoms with Crippen molar-refractivity contribution >= 4 is 46.5 Å². The number of hydrogen-bond donors (Lipinski definition) is 1. The number of amides is 1. The van der Waals surface area contributed by atoms with Crippen LogP contribution >= 0.6 is 34.8 Å². The molecule has 8 nitrogen and oxygen atoms in total. The summed E-state index contributed by atoms with van der Waals surface area (Å²) in [5.74, 6) is -0.196. The van der Waals surface area contributed by atoms with Crippen LogP contribution in [0.15, 0.2) is 42.7 Å². The van der Waals surface area contributed by atoms with Gasteiger partial charge in [0.25, 0.3) is 5.91 Å². The highest BCUT2D eigenvalue weighted by Crippen LogP contribution is 2.27. The second kappa shape index (κ2) is 8.74. The number of rotatable bonds is 6. The lowest BCUT2D eigenvalue weighted by atomic mass is 10.2. The summed E-state index contributed by atoms with van der Waals surface area (Å²) in [5.41, 5.74) is 2.88. The molecule has 0 saturated heterocycles. The van der Waals surface area contributed by atoms with Crippen molar-refractivity contribution < 1.29 is 4.79 Å². The third kappa shape index (κ3) is 4.76. The molecule has 0 fully saturated rings. The highest BCUT2D eigenvalue weighted by Gasteiger charge is 2.16. The molecule has 0 radical (unpaired) electrons. The van der Waals surface area contributed by atoms with Gasteiger partial charge in [0, 0.05) is 33.7 Å². The summed E-state index contributed by atoms with van der Waals surface area (Å²) in [6.07, 6.45) is 3.31. The molecule has 0 aliphatic rings. The van der Waals surface area contributed by atoms with E-state index in [-0.39, 0.29) is 11.5 Å². The monoisotopic (exact) mass is 477 g/mol. The Balaban J connectivity index is 1.46. The Morgan fingerprint density at radius 2 is 1.74 bits per heavy atom. The molecular formula is C20H18Cl3N7O. The summed E-state index contributed by atoms with van der Waals surface area (Å²) in [4.78, 5) is 12.6. The predicted molar refractivity (Wildman–Crippen MR) is 120 cm³/mol. The van der Waals surface area contributed by atoms with Crippen molar-refractivity contribution in [2.75, 3.05) is 5.32 Å².